The van der Waals surface area contributed by atoms with Crippen LogP contribution in [0.15, 0.2) is 24.3 Å². The van der Waals surface area contributed by atoms with Gasteiger partial charge in [-0.25, -0.2) is 0 Å². The van der Waals surface area contributed by atoms with Crippen molar-refractivity contribution in [3.05, 3.63) is 35.4 Å². The van der Waals surface area contributed by atoms with Crippen molar-refractivity contribution in [1.82, 2.24) is 0 Å². The zero-order chi connectivity index (χ0) is 9.31. The summed E-state index contributed by atoms with van der Waals surface area (Å²) < 4.78 is 12.1. The Kier molecular flexibility index (Phi) is 2.08. The Labute approximate surface area is 77.2 Å². The van der Waals surface area contributed by atoms with E-state index in [2.05, 4.69) is 0 Å². The summed E-state index contributed by atoms with van der Waals surface area (Å²) in [6.45, 7) is -0.331. The summed E-state index contributed by atoms with van der Waals surface area (Å²) in [5.74, 6) is 0. The lowest BCUT2D eigenvalue weighted by Crippen LogP contribution is -2.04. The van der Waals surface area contributed by atoms with E-state index in [0.29, 0.717) is 6.42 Å². The van der Waals surface area contributed by atoms with Gasteiger partial charge in [0.15, 0.2) is 0 Å². The largest absolute Gasteiger partial charge is 0.385 e. The molecule has 0 aromatic heterocycles. The number of halogens is 1. The lowest BCUT2D eigenvalue weighted by atomic mass is 10.0. The van der Waals surface area contributed by atoms with E-state index >= 15 is 0 Å². The molecule has 1 saturated carbocycles. The van der Waals surface area contributed by atoms with Gasteiger partial charge in [0.1, 0.15) is 0 Å². The molecule has 1 aromatic carbocycles. The van der Waals surface area contributed by atoms with Gasteiger partial charge in [-0.2, -0.15) is 0 Å². The molecule has 2 heteroatoms. The molecule has 0 amide bonds. The molecule has 1 nitrogen and oxygen atoms in total. The Morgan fingerprint density at radius 2 is 2.15 bits per heavy atom. The standard InChI is InChI=1S/C11H13FO/c12-7-4-9-2-1-3-10(8-9)11(13)5-6-11/h1-3,8,13H,4-7H2. The van der Waals surface area contributed by atoms with E-state index in [1.54, 1.807) is 0 Å². The van der Waals surface area contributed by atoms with Crippen molar-refractivity contribution >= 4 is 0 Å². The van der Waals surface area contributed by atoms with Crippen molar-refractivity contribution in [2.24, 2.45) is 0 Å². The molecule has 0 spiro atoms. The van der Waals surface area contributed by atoms with Crippen LogP contribution >= 0.6 is 0 Å². The van der Waals surface area contributed by atoms with Crippen LogP contribution < -0.4 is 0 Å². The smallest absolute Gasteiger partial charge is 0.0934 e. The molecule has 0 atom stereocenters. The minimum absolute atomic E-state index is 0.331. The lowest BCUT2D eigenvalue weighted by molar-refractivity contribution is 0.151. The van der Waals surface area contributed by atoms with Gasteiger partial charge in [-0.1, -0.05) is 24.3 Å². The first kappa shape index (κ1) is 8.70. The van der Waals surface area contributed by atoms with E-state index < -0.39 is 5.60 Å². The van der Waals surface area contributed by atoms with E-state index in [4.69, 9.17) is 0 Å². The van der Waals surface area contributed by atoms with Crippen LogP contribution in [-0.2, 0) is 12.0 Å². The van der Waals surface area contributed by atoms with Crippen LogP contribution in [0.4, 0.5) is 4.39 Å². The highest BCUT2D eigenvalue weighted by atomic mass is 19.1. The molecule has 13 heavy (non-hydrogen) atoms. The quantitative estimate of drug-likeness (QED) is 0.755. The summed E-state index contributed by atoms with van der Waals surface area (Å²) in [7, 11) is 0. The lowest BCUT2D eigenvalue weighted by Gasteiger charge is -2.08. The van der Waals surface area contributed by atoms with Crippen molar-refractivity contribution in [3.8, 4) is 0 Å². The number of hydrogen-bond acceptors (Lipinski definition) is 1. The molecular weight excluding hydrogens is 167 g/mol. The van der Waals surface area contributed by atoms with Crippen LogP contribution in [0.2, 0.25) is 0 Å². The summed E-state index contributed by atoms with van der Waals surface area (Å²) in [5.41, 5.74) is 1.32. The first-order valence-corrected chi connectivity index (χ1v) is 4.62. The fourth-order valence-corrected chi connectivity index (χ4v) is 1.53. The van der Waals surface area contributed by atoms with E-state index in [1.807, 2.05) is 24.3 Å². The fraction of sp³-hybridized carbons (Fsp3) is 0.455. The van der Waals surface area contributed by atoms with Gasteiger partial charge in [0, 0.05) is 6.42 Å². The molecule has 0 unspecified atom stereocenters. The number of alkyl halides is 1. The third-order valence-corrected chi connectivity index (χ3v) is 2.57. The van der Waals surface area contributed by atoms with Gasteiger partial charge in [0.25, 0.3) is 0 Å². The Balaban J connectivity index is 2.22. The van der Waals surface area contributed by atoms with Crippen molar-refractivity contribution in [2.45, 2.75) is 24.9 Å². The second kappa shape index (κ2) is 3.11. The molecule has 0 aliphatic heterocycles. The molecule has 0 radical (unpaired) electrons. The van der Waals surface area contributed by atoms with Crippen molar-refractivity contribution in [2.75, 3.05) is 6.67 Å². The summed E-state index contributed by atoms with van der Waals surface area (Å²) in [6.07, 6.45) is 2.13. The normalized spacial score (nSPS) is 18.6. The van der Waals surface area contributed by atoms with E-state index in [-0.39, 0.29) is 6.67 Å². The van der Waals surface area contributed by atoms with E-state index in [0.717, 1.165) is 24.0 Å². The Morgan fingerprint density at radius 3 is 2.77 bits per heavy atom. The molecule has 1 fully saturated rings. The predicted molar refractivity (Wildman–Crippen MR) is 49.3 cm³/mol. The average Bonchev–Trinajstić information content (AvgIpc) is 2.86. The van der Waals surface area contributed by atoms with Crippen LogP contribution in [-0.4, -0.2) is 11.8 Å². The average molecular weight is 180 g/mol. The molecule has 1 aliphatic carbocycles. The van der Waals surface area contributed by atoms with Crippen LogP contribution in [0, 0.1) is 0 Å². The summed E-state index contributed by atoms with van der Waals surface area (Å²) in [5, 5.41) is 9.80. The van der Waals surface area contributed by atoms with Crippen molar-refractivity contribution < 1.29 is 9.50 Å². The van der Waals surface area contributed by atoms with Gasteiger partial charge in [-0.05, 0) is 24.0 Å². The molecular formula is C11H13FO. The van der Waals surface area contributed by atoms with Crippen LogP contribution in [0.5, 0.6) is 0 Å². The second-order valence-electron chi connectivity index (χ2n) is 3.67. The van der Waals surface area contributed by atoms with Crippen molar-refractivity contribution in [3.63, 3.8) is 0 Å². The second-order valence-corrected chi connectivity index (χ2v) is 3.67. The number of rotatable bonds is 3. The number of aryl methyl sites for hydroxylation is 1. The van der Waals surface area contributed by atoms with Gasteiger partial charge < -0.3 is 5.11 Å². The topological polar surface area (TPSA) is 20.2 Å². The molecule has 1 aromatic rings. The molecule has 1 N–H and O–H groups in total. The third kappa shape index (κ3) is 1.73. The van der Waals surface area contributed by atoms with Gasteiger partial charge in [-0.3, -0.25) is 4.39 Å². The predicted octanol–water partition coefficient (Wildman–Crippen LogP) is 2.18. The molecule has 70 valence electrons. The monoisotopic (exact) mass is 180 g/mol. The van der Waals surface area contributed by atoms with Crippen molar-refractivity contribution in [1.29, 1.82) is 0 Å². The Hall–Kier alpha value is -0.890. The maximum atomic E-state index is 12.1. The SMILES string of the molecule is OC1(c2cccc(CCF)c2)CC1. The number of benzene rings is 1. The van der Waals surface area contributed by atoms with E-state index in [1.165, 1.54) is 0 Å². The van der Waals surface area contributed by atoms with Crippen LogP contribution in [0.25, 0.3) is 0 Å². The molecule has 0 heterocycles. The summed E-state index contributed by atoms with van der Waals surface area (Å²) in [4.78, 5) is 0. The third-order valence-electron chi connectivity index (χ3n) is 2.57. The zero-order valence-electron chi connectivity index (χ0n) is 7.46. The maximum absolute atomic E-state index is 12.1. The highest BCUT2D eigenvalue weighted by molar-refractivity contribution is 5.31. The van der Waals surface area contributed by atoms with Gasteiger partial charge in [0.2, 0.25) is 0 Å². The minimum atomic E-state index is -0.591. The number of hydrogen-bond donors (Lipinski definition) is 1. The fourth-order valence-electron chi connectivity index (χ4n) is 1.53. The zero-order valence-corrected chi connectivity index (χ0v) is 7.46. The Bertz CT molecular complexity index is 305. The van der Waals surface area contributed by atoms with Crippen LogP contribution in [0.3, 0.4) is 0 Å². The first-order valence-electron chi connectivity index (χ1n) is 4.62. The Morgan fingerprint density at radius 1 is 1.38 bits per heavy atom. The van der Waals surface area contributed by atoms with Gasteiger partial charge >= 0.3 is 0 Å². The molecule has 2 rings (SSSR count). The highest BCUT2D eigenvalue weighted by Crippen LogP contribution is 2.45. The van der Waals surface area contributed by atoms with E-state index in [9.17, 15) is 9.50 Å². The summed E-state index contributed by atoms with van der Waals surface area (Å²) >= 11 is 0. The van der Waals surface area contributed by atoms with Gasteiger partial charge in [-0.15, -0.1) is 0 Å². The highest BCUT2D eigenvalue weighted by Gasteiger charge is 2.41. The van der Waals surface area contributed by atoms with Gasteiger partial charge in [0.05, 0.1) is 12.3 Å². The summed E-state index contributed by atoms with van der Waals surface area (Å²) in [6, 6.07) is 7.60. The molecule has 0 saturated heterocycles. The number of aliphatic hydroxyl groups is 1. The minimum Gasteiger partial charge on any atom is -0.385 e. The molecule has 1 aliphatic rings. The molecule has 0 bridgehead atoms. The maximum Gasteiger partial charge on any atom is 0.0934 e. The first-order chi connectivity index (χ1) is 6.24. The van der Waals surface area contributed by atoms with Crippen LogP contribution in [0.1, 0.15) is 24.0 Å².